The highest BCUT2D eigenvalue weighted by molar-refractivity contribution is 7.80. The van der Waals surface area contributed by atoms with Gasteiger partial charge in [0.15, 0.2) is 5.11 Å². The number of thiocarbonyl (C=S) groups is 1. The molecule has 0 unspecified atom stereocenters. The summed E-state index contributed by atoms with van der Waals surface area (Å²) in [4.78, 5) is 2.49. The van der Waals surface area contributed by atoms with Crippen LogP contribution in [0.3, 0.4) is 0 Å². The van der Waals surface area contributed by atoms with Gasteiger partial charge in [-0.05, 0) is 60.8 Å². The predicted molar refractivity (Wildman–Crippen MR) is 107 cm³/mol. The number of rotatable bonds is 4. The fourth-order valence-corrected chi connectivity index (χ4v) is 3.32. The van der Waals surface area contributed by atoms with Gasteiger partial charge in [0.05, 0.1) is 0 Å². The van der Waals surface area contributed by atoms with Crippen molar-refractivity contribution in [2.75, 3.05) is 23.3 Å². The summed E-state index contributed by atoms with van der Waals surface area (Å²) in [7, 11) is 0. The van der Waals surface area contributed by atoms with Crippen LogP contribution in [0.25, 0.3) is 0 Å². The molecule has 0 spiro atoms. The maximum Gasteiger partial charge on any atom is 0.171 e. The summed E-state index contributed by atoms with van der Waals surface area (Å²) in [6.45, 7) is 5.41. The topological polar surface area (TPSA) is 27.3 Å². The summed E-state index contributed by atoms with van der Waals surface area (Å²) in [5, 5.41) is 7.10. The van der Waals surface area contributed by atoms with Gasteiger partial charge >= 0.3 is 0 Å². The summed E-state index contributed by atoms with van der Waals surface area (Å²) >= 11 is 5.35. The average Bonchev–Trinajstić information content (AvgIpc) is 2.61. The Labute approximate surface area is 150 Å². The molecule has 2 N–H and O–H groups in total. The first kappa shape index (κ1) is 16.8. The number of para-hydroxylation sites is 1. The number of nitrogens with one attached hydrogen (secondary N) is 2. The maximum atomic E-state index is 5.35. The molecule has 1 aliphatic heterocycles. The van der Waals surface area contributed by atoms with Crippen LogP contribution in [0.4, 0.5) is 11.4 Å². The second kappa shape index (κ2) is 8.15. The van der Waals surface area contributed by atoms with Crippen molar-refractivity contribution in [3.8, 4) is 0 Å². The van der Waals surface area contributed by atoms with Crippen LogP contribution in [0.15, 0.2) is 54.6 Å². The molecule has 0 radical (unpaired) electrons. The first-order chi connectivity index (χ1) is 11.7. The smallest absolute Gasteiger partial charge is 0.171 e. The molecule has 24 heavy (non-hydrogen) atoms. The van der Waals surface area contributed by atoms with Crippen molar-refractivity contribution in [2.45, 2.75) is 26.3 Å². The number of nitrogens with zero attached hydrogens (tertiary/aromatic N) is 1. The van der Waals surface area contributed by atoms with Crippen molar-refractivity contribution < 1.29 is 0 Å². The van der Waals surface area contributed by atoms with Crippen molar-refractivity contribution >= 4 is 28.7 Å². The quantitative estimate of drug-likeness (QED) is 0.807. The second-order valence-electron chi connectivity index (χ2n) is 6.53. The van der Waals surface area contributed by atoms with Crippen molar-refractivity contribution in [1.29, 1.82) is 0 Å². The van der Waals surface area contributed by atoms with E-state index in [2.05, 4.69) is 46.7 Å². The first-order valence-corrected chi connectivity index (χ1v) is 9.05. The van der Waals surface area contributed by atoms with E-state index in [1.165, 1.54) is 37.2 Å². The minimum Gasteiger partial charge on any atom is -0.371 e. The highest BCUT2D eigenvalue weighted by Crippen LogP contribution is 2.23. The highest BCUT2D eigenvalue weighted by Gasteiger charge is 2.16. The van der Waals surface area contributed by atoms with E-state index in [1.807, 2.05) is 30.3 Å². The summed E-state index contributed by atoms with van der Waals surface area (Å²) in [6, 6.07) is 18.8. The van der Waals surface area contributed by atoms with Gasteiger partial charge in [0.25, 0.3) is 0 Å². The van der Waals surface area contributed by atoms with Crippen LogP contribution in [0.5, 0.6) is 0 Å². The Balaban J connectivity index is 1.50. The normalized spacial score (nSPS) is 17.4. The van der Waals surface area contributed by atoms with Crippen molar-refractivity contribution in [3.05, 3.63) is 60.2 Å². The van der Waals surface area contributed by atoms with Crippen LogP contribution in [-0.2, 0) is 6.54 Å². The van der Waals surface area contributed by atoms with E-state index in [0.29, 0.717) is 5.11 Å². The predicted octanol–water partition coefficient (Wildman–Crippen LogP) is 4.41. The number of hydrogen-bond acceptors (Lipinski definition) is 2. The number of piperidine rings is 1. The molecule has 2 aromatic carbocycles. The standard InChI is InChI=1S/C20H25N3S/c1-16-6-5-13-23(15-16)19-11-9-17(10-12-19)14-21-20(24)22-18-7-3-2-4-8-18/h2-4,7-12,16H,5-6,13-15H2,1H3,(H2,21,22,24)/t16-/m1/s1. The van der Waals surface area contributed by atoms with Crippen molar-refractivity contribution in [3.63, 3.8) is 0 Å². The SMILES string of the molecule is C[C@@H]1CCCN(c2ccc(CNC(=S)Nc3ccccc3)cc2)C1. The van der Waals surface area contributed by atoms with E-state index < -0.39 is 0 Å². The molecule has 2 aromatic rings. The van der Waals surface area contributed by atoms with E-state index in [9.17, 15) is 0 Å². The second-order valence-corrected chi connectivity index (χ2v) is 6.94. The van der Waals surface area contributed by atoms with Crippen LogP contribution < -0.4 is 15.5 Å². The largest absolute Gasteiger partial charge is 0.371 e. The highest BCUT2D eigenvalue weighted by atomic mass is 32.1. The lowest BCUT2D eigenvalue weighted by molar-refractivity contribution is 0.447. The zero-order valence-electron chi connectivity index (χ0n) is 14.2. The molecular weight excluding hydrogens is 314 g/mol. The molecular formula is C20H25N3S. The van der Waals surface area contributed by atoms with Crippen LogP contribution >= 0.6 is 12.2 Å². The third-order valence-electron chi connectivity index (χ3n) is 4.44. The molecule has 4 heteroatoms. The summed E-state index contributed by atoms with van der Waals surface area (Å²) in [6.07, 6.45) is 2.65. The van der Waals surface area contributed by atoms with E-state index in [-0.39, 0.29) is 0 Å². The Hall–Kier alpha value is -2.07. The minimum absolute atomic E-state index is 0.648. The van der Waals surface area contributed by atoms with E-state index in [1.54, 1.807) is 0 Å². The molecule has 3 rings (SSSR count). The van der Waals surface area contributed by atoms with Gasteiger partial charge in [-0.25, -0.2) is 0 Å². The lowest BCUT2D eigenvalue weighted by Gasteiger charge is -2.32. The molecule has 1 saturated heterocycles. The van der Waals surface area contributed by atoms with Crippen LogP contribution in [0, 0.1) is 5.92 Å². The van der Waals surface area contributed by atoms with Gasteiger partial charge in [0.1, 0.15) is 0 Å². The van der Waals surface area contributed by atoms with Gasteiger partial charge in [-0.1, -0.05) is 37.3 Å². The zero-order valence-corrected chi connectivity index (χ0v) is 15.0. The Morgan fingerprint density at radius 3 is 2.58 bits per heavy atom. The Morgan fingerprint density at radius 2 is 1.88 bits per heavy atom. The lowest BCUT2D eigenvalue weighted by atomic mass is 9.99. The van der Waals surface area contributed by atoms with E-state index in [4.69, 9.17) is 12.2 Å². The first-order valence-electron chi connectivity index (χ1n) is 8.64. The van der Waals surface area contributed by atoms with Gasteiger partial charge in [-0.3, -0.25) is 0 Å². The monoisotopic (exact) mass is 339 g/mol. The number of hydrogen-bond donors (Lipinski definition) is 2. The Kier molecular flexibility index (Phi) is 5.70. The summed E-state index contributed by atoms with van der Waals surface area (Å²) in [5.41, 5.74) is 3.57. The third-order valence-corrected chi connectivity index (χ3v) is 4.69. The van der Waals surface area contributed by atoms with Crippen molar-refractivity contribution in [2.24, 2.45) is 5.92 Å². The molecule has 126 valence electrons. The molecule has 1 aliphatic rings. The summed E-state index contributed by atoms with van der Waals surface area (Å²) < 4.78 is 0. The van der Waals surface area contributed by atoms with Gasteiger partial charge in [-0.2, -0.15) is 0 Å². The minimum atomic E-state index is 0.648. The molecule has 0 bridgehead atoms. The zero-order chi connectivity index (χ0) is 16.8. The van der Waals surface area contributed by atoms with Crippen LogP contribution in [0.2, 0.25) is 0 Å². The van der Waals surface area contributed by atoms with E-state index in [0.717, 1.165) is 18.2 Å². The van der Waals surface area contributed by atoms with Crippen molar-refractivity contribution in [1.82, 2.24) is 5.32 Å². The van der Waals surface area contributed by atoms with Gasteiger partial charge in [-0.15, -0.1) is 0 Å². The lowest BCUT2D eigenvalue weighted by Crippen LogP contribution is -2.34. The van der Waals surface area contributed by atoms with Gasteiger partial charge < -0.3 is 15.5 Å². The van der Waals surface area contributed by atoms with Gasteiger partial charge in [0, 0.05) is 31.0 Å². The Morgan fingerprint density at radius 1 is 1.12 bits per heavy atom. The molecule has 0 aromatic heterocycles. The maximum absolute atomic E-state index is 5.35. The van der Waals surface area contributed by atoms with Crippen LogP contribution in [-0.4, -0.2) is 18.2 Å². The average molecular weight is 340 g/mol. The molecule has 1 atom stereocenters. The molecule has 0 amide bonds. The summed E-state index contributed by atoms with van der Waals surface area (Å²) in [5.74, 6) is 0.793. The number of benzene rings is 2. The molecule has 3 nitrogen and oxygen atoms in total. The molecule has 1 fully saturated rings. The fourth-order valence-electron chi connectivity index (χ4n) is 3.13. The van der Waals surface area contributed by atoms with Crippen LogP contribution in [0.1, 0.15) is 25.3 Å². The molecule has 0 aliphatic carbocycles. The fraction of sp³-hybridized carbons (Fsp3) is 0.350. The van der Waals surface area contributed by atoms with E-state index >= 15 is 0 Å². The van der Waals surface area contributed by atoms with Gasteiger partial charge in [0.2, 0.25) is 0 Å². The Bertz CT molecular complexity index is 654. The number of anilines is 2. The third kappa shape index (κ3) is 4.71. The molecule has 1 heterocycles. The molecule has 0 saturated carbocycles.